The molecule has 0 aromatic heterocycles. The molecule has 1 saturated carbocycles. The summed E-state index contributed by atoms with van der Waals surface area (Å²) in [4.78, 5) is 27.2. The van der Waals surface area contributed by atoms with Crippen molar-refractivity contribution in [3.05, 3.63) is 69.3 Å². The van der Waals surface area contributed by atoms with Gasteiger partial charge in [-0.05, 0) is 62.5 Å². The van der Waals surface area contributed by atoms with Crippen LogP contribution in [0.1, 0.15) is 74.2 Å². The molecule has 0 saturated heterocycles. The highest BCUT2D eigenvalue weighted by atomic mass is 31.1. The predicted octanol–water partition coefficient (Wildman–Crippen LogP) is 8.05. The van der Waals surface area contributed by atoms with Gasteiger partial charge in [0, 0.05) is 19.0 Å². The first kappa shape index (κ1) is 25.4. The fraction of sp³-hybridized carbons (Fsp3) is 0.417. The molecule has 0 radical (unpaired) electrons. The maximum Gasteiger partial charge on any atom is 0.417 e. The molecule has 33 heavy (non-hydrogen) atoms. The first-order valence-electron chi connectivity index (χ1n) is 10.5. The van der Waals surface area contributed by atoms with Crippen LogP contribution in [0.15, 0.2) is 30.3 Å². The van der Waals surface area contributed by atoms with E-state index >= 15 is 0 Å². The van der Waals surface area contributed by atoms with Crippen LogP contribution < -0.4 is 0 Å². The Hall–Kier alpha value is -2.21. The lowest BCUT2D eigenvalue weighted by atomic mass is 10.0. The van der Waals surface area contributed by atoms with Crippen LogP contribution in [0.3, 0.4) is 0 Å². The summed E-state index contributed by atoms with van der Waals surface area (Å²) in [5.41, 5.74) is -5.12. The van der Waals surface area contributed by atoms with Gasteiger partial charge in [0.05, 0.1) is 11.1 Å². The minimum absolute atomic E-state index is 0.213. The first-order chi connectivity index (χ1) is 15.2. The normalized spacial score (nSPS) is 16.2. The van der Waals surface area contributed by atoms with Crippen molar-refractivity contribution in [1.29, 1.82) is 0 Å². The second-order valence-corrected chi connectivity index (χ2v) is 10.7. The van der Waals surface area contributed by atoms with Crippen molar-refractivity contribution in [3.63, 3.8) is 0 Å². The topological polar surface area (TPSA) is 34.1 Å². The minimum atomic E-state index is -5.18. The Morgan fingerprint density at radius 2 is 1.21 bits per heavy atom. The van der Waals surface area contributed by atoms with E-state index in [0.717, 1.165) is 5.56 Å². The molecular weight excluding hydrogens is 465 g/mol. The van der Waals surface area contributed by atoms with Gasteiger partial charge >= 0.3 is 12.4 Å². The van der Waals surface area contributed by atoms with E-state index in [1.807, 2.05) is 6.92 Å². The molecule has 3 rings (SSSR count). The molecule has 1 atom stereocenters. The molecule has 0 aliphatic heterocycles. The molecule has 1 aliphatic carbocycles. The number of hydrogen-bond donors (Lipinski definition) is 0. The van der Waals surface area contributed by atoms with Crippen LogP contribution in [-0.2, 0) is 12.4 Å². The van der Waals surface area contributed by atoms with Gasteiger partial charge in [-0.15, -0.1) is 0 Å². The van der Waals surface area contributed by atoms with E-state index < -0.39 is 53.7 Å². The third-order valence-corrected chi connectivity index (χ3v) is 8.48. The zero-order chi connectivity index (χ0) is 24.7. The highest BCUT2D eigenvalue weighted by Crippen LogP contribution is 2.56. The van der Waals surface area contributed by atoms with E-state index in [-0.39, 0.29) is 5.56 Å². The maximum absolute atomic E-state index is 13.7. The van der Waals surface area contributed by atoms with E-state index in [0.29, 0.717) is 55.0 Å². The summed E-state index contributed by atoms with van der Waals surface area (Å²) in [5.74, 6) is 0. The summed E-state index contributed by atoms with van der Waals surface area (Å²) >= 11 is 0. The molecule has 0 heterocycles. The molecule has 0 N–H and O–H groups in total. The molecule has 9 heteroatoms. The number of carbonyl (C=O) groups is 2. The molecule has 0 amide bonds. The zero-order valence-electron chi connectivity index (χ0n) is 18.3. The van der Waals surface area contributed by atoms with Gasteiger partial charge in [0.25, 0.3) is 0 Å². The monoisotopic (exact) mass is 488 g/mol. The van der Waals surface area contributed by atoms with Crippen LogP contribution in [0.25, 0.3) is 0 Å². The van der Waals surface area contributed by atoms with Gasteiger partial charge in [-0.1, -0.05) is 36.6 Å². The summed E-state index contributed by atoms with van der Waals surface area (Å²) < 4.78 is 82.3. The zero-order valence-corrected chi connectivity index (χ0v) is 19.2. The number of carbonyl (C=O) groups excluding carboxylic acids is 2. The quantitative estimate of drug-likeness (QED) is 0.315. The van der Waals surface area contributed by atoms with Crippen molar-refractivity contribution in [2.24, 2.45) is 0 Å². The third kappa shape index (κ3) is 5.16. The molecule has 0 bridgehead atoms. The second-order valence-electron chi connectivity index (χ2n) is 8.42. The fourth-order valence-corrected chi connectivity index (χ4v) is 7.40. The molecule has 2 aromatic carbocycles. The van der Waals surface area contributed by atoms with Crippen molar-refractivity contribution in [2.75, 3.05) is 0 Å². The van der Waals surface area contributed by atoms with Crippen molar-refractivity contribution in [3.8, 4) is 0 Å². The smallest absolute Gasteiger partial charge is 0.289 e. The Labute approximate surface area is 189 Å². The molecule has 178 valence electrons. The van der Waals surface area contributed by atoms with Crippen molar-refractivity contribution >= 4 is 19.0 Å². The third-order valence-electron chi connectivity index (χ3n) is 5.91. The van der Waals surface area contributed by atoms with Crippen molar-refractivity contribution < 1.29 is 35.9 Å². The lowest BCUT2D eigenvalue weighted by Gasteiger charge is -2.26. The van der Waals surface area contributed by atoms with Crippen LogP contribution >= 0.6 is 7.92 Å². The highest BCUT2D eigenvalue weighted by Gasteiger charge is 2.47. The number of halogens is 6. The molecule has 0 spiro atoms. The lowest BCUT2D eigenvalue weighted by Crippen LogP contribution is -2.23. The van der Waals surface area contributed by atoms with Gasteiger partial charge in [0.15, 0.2) is 11.0 Å². The van der Waals surface area contributed by atoms with Crippen LogP contribution in [0.4, 0.5) is 26.3 Å². The van der Waals surface area contributed by atoms with E-state index in [9.17, 15) is 35.9 Å². The van der Waals surface area contributed by atoms with E-state index in [1.165, 1.54) is 0 Å². The van der Waals surface area contributed by atoms with Gasteiger partial charge in [0.1, 0.15) is 0 Å². The minimum Gasteiger partial charge on any atom is -0.289 e. The summed E-state index contributed by atoms with van der Waals surface area (Å²) in [5, 5.41) is 0. The fourth-order valence-electron chi connectivity index (χ4n) is 4.60. The van der Waals surface area contributed by atoms with Crippen molar-refractivity contribution in [1.82, 2.24) is 0 Å². The highest BCUT2D eigenvalue weighted by molar-refractivity contribution is 7.90. The molecule has 1 fully saturated rings. The van der Waals surface area contributed by atoms with Crippen LogP contribution in [-0.4, -0.2) is 16.7 Å². The molecular formula is C24H23F6O2P. The summed E-state index contributed by atoms with van der Waals surface area (Å²) in [6, 6.07) is 5.01. The predicted molar refractivity (Wildman–Crippen MR) is 115 cm³/mol. The molecule has 1 unspecified atom stereocenters. The Bertz CT molecular complexity index is 1030. The average Bonchev–Trinajstić information content (AvgIpc) is 3.19. The number of benzene rings is 2. The molecule has 2 nitrogen and oxygen atoms in total. The maximum atomic E-state index is 13.7. The average molecular weight is 488 g/mol. The van der Waals surface area contributed by atoms with Gasteiger partial charge in [0.2, 0.25) is 0 Å². The Balaban J connectivity index is 2.25. The summed E-state index contributed by atoms with van der Waals surface area (Å²) in [6.45, 7) is 5.13. The summed E-state index contributed by atoms with van der Waals surface area (Å²) in [6.07, 6.45) is -8.18. The standard InChI is InChI=1S/C24H23F6O2P/c1-13-11-14(2)19(15(3)12-13)21(31)33(16-7-4-5-8-16)22(32)20-17(23(25,26)27)9-6-10-18(20)24(28,29)30/h6,9-12,16H,4-5,7-8H2,1-3H3. The molecule has 1 aliphatic rings. The molecule has 2 aromatic rings. The van der Waals surface area contributed by atoms with Gasteiger partial charge in [-0.2, -0.15) is 26.3 Å². The van der Waals surface area contributed by atoms with Gasteiger partial charge < -0.3 is 0 Å². The number of hydrogen-bond acceptors (Lipinski definition) is 2. The largest absolute Gasteiger partial charge is 0.417 e. The van der Waals surface area contributed by atoms with E-state index in [4.69, 9.17) is 0 Å². The Morgan fingerprint density at radius 3 is 1.64 bits per heavy atom. The van der Waals surface area contributed by atoms with E-state index in [2.05, 4.69) is 0 Å². The SMILES string of the molecule is Cc1cc(C)c(C(=O)P(C(=O)c2c(C(F)(F)F)cccc2C(F)(F)F)C2CCCC2)c(C)c1. The lowest BCUT2D eigenvalue weighted by molar-refractivity contribution is -0.143. The first-order valence-corrected chi connectivity index (χ1v) is 11.9. The van der Waals surface area contributed by atoms with Crippen LogP contribution in [0.2, 0.25) is 0 Å². The van der Waals surface area contributed by atoms with Crippen LogP contribution in [0.5, 0.6) is 0 Å². The second kappa shape index (κ2) is 9.21. The number of alkyl halides is 6. The Morgan fingerprint density at radius 1 is 0.788 bits per heavy atom. The Kier molecular flexibility index (Phi) is 7.09. The van der Waals surface area contributed by atoms with Crippen LogP contribution in [0, 0.1) is 20.8 Å². The number of rotatable bonds is 5. The number of aryl methyl sites for hydroxylation is 3. The van der Waals surface area contributed by atoms with Gasteiger partial charge in [-0.25, -0.2) is 0 Å². The van der Waals surface area contributed by atoms with E-state index in [1.54, 1.807) is 26.0 Å². The summed E-state index contributed by atoms with van der Waals surface area (Å²) in [7, 11) is -2.48. The van der Waals surface area contributed by atoms with Crippen molar-refractivity contribution in [2.45, 2.75) is 64.5 Å². The van der Waals surface area contributed by atoms with Gasteiger partial charge in [-0.3, -0.25) is 9.59 Å².